The average Bonchev–Trinajstić information content (AvgIpc) is 2.65. The van der Waals surface area contributed by atoms with Gasteiger partial charge in [-0.2, -0.15) is 0 Å². The Morgan fingerprint density at radius 3 is 2.63 bits per heavy atom. The second kappa shape index (κ2) is 9.00. The monoisotopic (exact) mass is 392 g/mol. The van der Waals surface area contributed by atoms with Crippen molar-refractivity contribution in [2.45, 2.75) is 13.0 Å². The Hall–Kier alpha value is -3.13. The number of hydrogen-bond donors (Lipinski definition) is 1. The maximum atomic E-state index is 12.0. The highest BCUT2D eigenvalue weighted by atomic mass is 35.5. The molecule has 0 saturated carbocycles. The van der Waals surface area contributed by atoms with Crippen LogP contribution >= 0.6 is 11.6 Å². The van der Waals surface area contributed by atoms with E-state index < -0.39 is 23.4 Å². The summed E-state index contributed by atoms with van der Waals surface area (Å²) < 4.78 is 9.78. The van der Waals surface area contributed by atoms with Crippen molar-refractivity contribution in [1.29, 1.82) is 0 Å². The lowest BCUT2D eigenvalue weighted by atomic mass is 10.1. The highest BCUT2D eigenvalue weighted by Gasteiger charge is 2.20. The van der Waals surface area contributed by atoms with Crippen molar-refractivity contribution in [3.63, 3.8) is 0 Å². The van der Waals surface area contributed by atoms with Gasteiger partial charge in [-0.3, -0.25) is 14.9 Å². The second-order valence-corrected chi connectivity index (χ2v) is 6.00. The molecule has 8 nitrogen and oxygen atoms in total. The zero-order valence-electron chi connectivity index (χ0n) is 14.6. The predicted molar refractivity (Wildman–Crippen MR) is 97.9 cm³/mol. The van der Waals surface area contributed by atoms with Crippen LogP contribution in [-0.2, 0) is 9.53 Å². The lowest BCUT2D eigenvalue weighted by Gasteiger charge is -2.14. The van der Waals surface area contributed by atoms with Crippen LogP contribution in [0.1, 0.15) is 28.9 Å². The van der Waals surface area contributed by atoms with Crippen LogP contribution in [0, 0.1) is 10.1 Å². The van der Waals surface area contributed by atoms with Gasteiger partial charge < -0.3 is 14.8 Å². The molecule has 9 heteroatoms. The van der Waals surface area contributed by atoms with Crippen molar-refractivity contribution < 1.29 is 24.0 Å². The van der Waals surface area contributed by atoms with Gasteiger partial charge in [0.15, 0.2) is 12.4 Å². The number of nitrogens with one attached hydrogen (secondary N) is 1. The highest BCUT2D eigenvalue weighted by molar-refractivity contribution is 6.30. The first-order chi connectivity index (χ1) is 12.8. The molecule has 1 N–H and O–H groups in total. The van der Waals surface area contributed by atoms with Gasteiger partial charge in [0.2, 0.25) is 0 Å². The standard InChI is InChI=1S/C18H17ClN2O6/c1-11(12-4-3-5-14(19)8-12)20-17(22)10-27-18(23)13-6-7-16(26-2)15(9-13)21(24)25/h3-9,11H,10H2,1-2H3,(H,20,22)/t11-/m1/s1. The van der Waals surface area contributed by atoms with E-state index in [-0.39, 0.29) is 23.0 Å². The maximum Gasteiger partial charge on any atom is 0.338 e. The molecule has 0 unspecified atom stereocenters. The molecule has 0 aliphatic carbocycles. The van der Waals surface area contributed by atoms with Crippen molar-refractivity contribution in [3.8, 4) is 5.75 Å². The number of hydrogen-bond acceptors (Lipinski definition) is 6. The molecule has 2 rings (SSSR count). The molecule has 0 aliphatic heterocycles. The van der Waals surface area contributed by atoms with Crippen LogP contribution in [0.25, 0.3) is 0 Å². The van der Waals surface area contributed by atoms with Gasteiger partial charge in [0.05, 0.1) is 23.6 Å². The van der Waals surface area contributed by atoms with E-state index in [0.29, 0.717) is 5.02 Å². The Morgan fingerprint density at radius 2 is 2.00 bits per heavy atom. The molecule has 0 bridgehead atoms. The number of esters is 1. The third kappa shape index (κ3) is 5.42. The van der Waals surface area contributed by atoms with Crippen LogP contribution in [0.15, 0.2) is 42.5 Å². The third-order valence-corrected chi connectivity index (χ3v) is 3.91. The Bertz CT molecular complexity index is 871. The van der Waals surface area contributed by atoms with Gasteiger partial charge in [0, 0.05) is 11.1 Å². The minimum atomic E-state index is -0.855. The van der Waals surface area contributed by atoms with Gasteiger partial charge in [0.25, 0.3) is 5.91 Å². The molecule has 0 fully saturated rings. The van der Waals surface area contributed by atoms with Crippen molar-refractivity contribution in [2.24, 2.45) is 0 Å². The molecule has 142 valence electrons. The molecule has 0 spiro atoms. The summed E-state index contributed by atoms with van der Waals surface area (Å²) in [7, 11) is 1.28. The lowest BCUT2D eigenvalue weighted by Crippen LogP contribution is -2.31. The van der Waals surface area contributed by atoms with Gasteiger partial charge >= 0.3 is 11.7 Å². The fourth-order valence-electron chi connectivity index (χ4n) is 2.32. The number of benzene rings is 2. The molecule has 27 heavy (non-hydrogen) atoms. The molecular formula is C18H17ClN2O6. The number of nitro benzene ring substituents is 1. The van der Waals surface area contributed by atoms with Crippen LogP contribution in [0.5, 0.6) is 5.75 Å². The Kier molecular flexibility index (Phi) is 6.73. The first-order valence-corrected chi connectivity index (χ1v) is 8.24. The van der Waals surface area contributed by atoms with Gasteiger partial charge in [-0.1, -0.05) is 23.7 Å². The first kappa shape index (κ1) is 20.2. The largest absolute Gasteiger partial charge is 0.490 e. The van der Waals surface area contributed by atoms with Crippen molar-refractivity contribution in [1.82, 2.24) is 5.32 Å². The smallest absolute Gasteiger partial charge is 0.338 e. The Labute approximate surface area is 160 Å². The number of carbonyl (C=O) groups excluding carboxylic acids is 2. The van der Waals surface area contributed by atoms with Gasteiger partial charge in [-0.05, 0) is 36.8 Å². The van der Waals surface area contributed by atoms with E-state index >= 15 is 0 Å². The zero-order chi connectivity index (χ0) is 20.0. The zero-order valence-corrected chi connectivity index (χ0v) is 15.4. The summed E-state index contributed by atoms with van der Waals surface area (Å²) in [5.74, 6) is -1.35. The molecular weight excluding hydrogens is 376 g/mol. The van der Waals surface area contributed by atoms with E-state index in [1.54, 1.807) is 31.2 Å². The number of rotatable bonds is 7. The molecule has 0 aliphatic rings. The summed E-state index contributed by atoms with van der Waals surface area (Å²) >= 11 is 5.91. The van der Waals surface area contributed by atoms with E-state index in [4.69, 9.17) is 21.1 Å². The van der Waals surface area contributed by atoms with Gasteiger partial charge in [-0.15, -0.1) is 0 Å². The second-order valence-electron chi connectivity index (χ2n) is 5.56. The lowest BCUT2D eigenvalue weighted by molar-refractivity contribution is -0.385. The molecule has 0 saturated heterocycles. The summed E-state index contributed by atoms with van der Waals surface area (Å²) in [6.07, 6.45) is 0. The Morgan fingerprint density at radius 1 is 1.26 bits per heavy atom. The highest BCUT2D eigenvalue weighted by Crippen LogP contribution is 2.27. The fourth-order valence-corrected chi connectivity index (χ4v) is 2.52. The van der Waals surface area contributed by atoms with E-state index in [0.717, 1.165) is 11.6 Å². The number of methoxy groups -OCH3 is 1. The van der Waals surface area contributed by atoms with Crippen LogP contribution < -0.4 is 10.1 Å². The van der Waals surface area contributed by atoms with Gasteiger partial charge in [-0.25, -0.2) is 4.79 Å². The number of carbonyl (C=O) groups is 2. The molecule has 0 radical (unpaired) electrons. The number of nitrogens with zero attached hydrogens (tertiary/aromatic N) is 1. The average molecular weight is 393 g/mol. The number of amides is 1. The van der Waals surface area contributed by atoms with Crippen molar-refractivity contribution >= 4 is 29.2 Å². The van der Waals surface area contributed by atoms with E-state index in [1.165, 1.54) is 19.2 Å². The molecule has 2 aromatic rings. The topological polar surface area (TPSA) is 108 Å². The minimum Gasteiger partial charge on any atom is -0.490 e. The summed E-state index contributed by atoms with van der Waals surface area (Å²) in [5, 5.41) is 14.2. The molecule has 2 aromatic carbocycles. The Balaban J connectivity index is 1.96. The summed E-state index contributed by atoms with van der Waals surface area (Å²) in [5.41, 5.74) is 0.372. The first-order valence-electron chi connectivity index (χ1n) is 7.86. The number of halogens is 1. The maximum absolute atomic E-state index is 12.0. The van der Waals surface area contributed by atoms with Crippen LogP contribution in [-0.4, -0.2) is 30.5 Å². The molecule has 0 aromatic heterocycles. The van der Waals surface area contributed by atoms with Crippen LogP contribution in [0.3, 0.4) is 0 Å². The third-order valence-electron chi connectivity index (χ3n) is 3.67. The fraction of sp³-hybridized carbons (Fsp3) is 0.222. The molecule has 0 heterocycles. The van der Waals surface area contributed by atoms with Gasteiger partial charge in [0.1, 0.15) is 0 Å². The normalized spacial score (nSPS) is 11.4. The summed E-state index contributed by atoms with van der Waals surface area (Å²) in [4.78, 5) is 34.3. The number of nitro groups is 1. The minimum absolute atomic E-state index is 0.0182. The van der Waals surface area contributed by atoms with E-state index in [9.17, 15) is 19.7 Å². The van der Waals surface area contributed by atoms with E-state index in [1.807, 2.05) is 0 Å². The SMILES string of the molecule is COc1ccc(C(=O)OCC(=O)N[C@H](C)c2cccc(Cl)c2)cc1[N+](=O)[O-]. The summed E-state index contributed by atoms with van der Waals surface area (Å²) in [6.45, 7) is 1.24. The molecule has 1 atom stereocenters. The van der Waals surface area contributed by atoms with Crippen molar-refractivity contribution in [2.75, 3.05) is 13.7 Å². The molecule has 1 amide bonds. The van der Waals surface area contributed by atoms with Crippen molar-refractivity contribution in [3.05, 3.63) is 68.7 Å². The van der Waals surface area contributed by atoms with E-state index in [2.05, 4.69) is 5.32 Å². The van der Waals surface area contributed by atoms with Crippen LogP contribution in [0.2, 0.25) is 5.02 Å². The van der Waals surface area contributed by atoms with Crippen LogP contribution in [0.4, 0.5) is 5.69 Å². The summed E-state index contributed by atoms with van der Waals surface area (Å²) in [6, 6.07) is 10.3. The predicted octanol–water partition coefficient (Wildman–Crippen LogP) is 3.29. The number of ether oxygens (including phenoxy) is 2. The quantitative estimate of drug-likeness (QED) is 0.440.